The zero-order chi connectivity index (χ0) is 29.7. The van der Waals surface area contributed by atoms with Gasteiger partial charge in [0.25, 0.3) is 0 Å². The fourth-order valence-corrected chi connectivity index (χ4v) is 8.53. The Kier molecular flexibility index (Phi) is 6.43. The zero-order valence-electron chi connectivity index (χ0n) is 25.5. The number of benzene rings is 3. The number of likely N-dealkylation sites (tertiary alicyclic amines) is 1. The van der Waals surface area contributed by atoms with Crippen molar-refractivity contribution in [2.24, 2.45) is 11.8 Å². The van der Waals surface area contributed by atoms with Gasteiger partial charge in [0.15, 0.2) is 0 Å². The topological polar surface area (TPSA) is 19.4 Å². The summed E-state index contributed by atoms with van der Waals surface area (Å²) in [6, 6.07) is 34.0. The first-order valence-corrected chi connectivity index (χ1v) is 16.5. The van der Waals surface area contributed by atoms with Gasteiger partial charge < -0.3 is 9.80 Å². The standard InChI is InChI=1S/C42H37N3/c1-3-13-29(14-4-1)28-44-24-23-35-40(44)26-36-33-18-8-11-21-38(33)45(32-25-31-17-7-10-20-37(31)43-27-32)39-22-12-9-19-34(39)42(36)41(35)30-15-5-2-6-16-30/h1-6,8-16,18-22,25-27,33,35,38,41H,7,17,23-24,28H2. The van der Waals surface area contributed by atoms with Crippen LogP contribution in [0.25, 0.3) is 11.6 Å². The fourth-order valence-electron chi connectivity index (χ4n) is 8.53. The number of fused-ring (bicyclic) bond motifs is 6. The molecule has 1 saturated heterocycles. The highest BCUT2D eigenvalue weighted by atomic mass is 15.2. The van der Waals surface area contributed by atoms with Crippen LogP contribution in [0.5, 0.6) is 0 Å². The van der Waals surface area contributed by atoms with Gasteiger partial charge >= 0.3 is 0 Å². The number of allylic oxidation sites excluding steroid dienone is 6. The van der Waals surface area contributed by atoms with Crippen molar-refractivity contribution >= 4 is 23.0 Å². The van der Waals surface area contributed by atoms with Gasteiger partial charge in [0.2, 0.25) is 0 Å². The van der Waals surface area contributed by atoms with E-state index in [1.54, 1.807) is 0 Å². The van der Waals surface area contributed by atoms with Crippen molar-refractivity contribution in [2.45, 2.75) is 37.8 Å². The molecule has 5 aliphatic rings. The maximum Gasteiger partial charge on any atom is 0.0660 e. The molecule has 4 aromatic rings. The van der Waals surface area contributed by atoms with Crippen molar-refractivity contribution in [3.05, 3.63) is 173 Å². The Morgan fingerprint density at radius 2 is 1.64 bits per heavy atom. The van der Waals surface area contributed by atoms with Crippen LogP contribution in [0.3, 0.4) is 0 Å². The summed E-state index contributed by atoms with van der Waals surface area (Å²) in [7, 11) is 0. The highest BCUT2D eigenvalue weighted by molar-refractivity contribution is 5.90. The molecular formula is C42H37N3. The van der Waals surface area contributed by atoms with Gasteiger partial charge in [0.05, 0.1) is 23.6 Å². The molecule has 0 spiro atoms. The summed E-state index contributed by atoms with van der Waals surface area (Å²) >= 11 is 0. The minimum absolute atomic E-state index is 0.149. The molecule has 9 rings (SSSR count). The minimum atomic E-state index is 0.149. The van der Waals surface area contributed by atoms with Crippen LogP contribution in [0, 0.1) is 11.8 Å². The smallest absolute Gasteiger partial charge is 0.0660 e. The molecule has 3 heteroatoms. The third kappa shape index (κ3) is 4.44. The molecule has 0 saturated carbocycles. The van der Waals surface area contributed by atoms with E-state index < -0.39 is 0 Å². The molecule has 4 unspecified atom stereocenters. The number of hydrogen-bond acceptors (Lipinski definition) is 3. The fraction of sp³-hybridized carbons (Fsp3) is 0.214. The van der Waals surface area contributed by atoms with Crippen LogP contribution in [0.1, 0.15) is 46.7 Å². The Hall–Kier alpha value is -4.89. The molecule has 1 aromatic heterocycles. The maximum absolute atomic E-state index is 4.98. The number of aromatic nitrogens is 1. The lowest BCUT2D eigenvalue weighted by molar-refractivity contribution is 0.378. The molecule has 0 N–H and O–H groups in total. The first kappa shape index (κ1) is 26.5. The van der Waals surface area contributed by atoms with E-state index in [1.807, 2.05) is 0 Å². The highest BCUT2D eigenvalue weighted by Gasteiger charge is 2.45. The van der Waals surface area contributed by atoms with Crippen LogP contribution in [0.2, 0.25) is 0 Å². The Bertz CT molecular complexity index is 1910. The van der Waals surface area contributed by atoms with E-state index in [0.717, 1.165) is 38.0 Å². The van der Waals surface area contributed by atoms with E-state index >= 15 is 0 Å². The summed E-state index contributed by atoms with van der Waals surface area (Å²) in [6.07, 6.45) is 21.8. The molecule has 1 fully saturated rings. The molecule has 3 aromatic carbocycles. The number of pyridine rings is 1. The summed E-state index contributed by atoms with van der Waals surface area (Å²) in [6.45, 7) is 2.04. The maximum atomic E-state index is 4.98. The molecule has 0 radical (unpaired) electrons. The molecule has 3 aliphatic carbocycles. The number of anilines is 2. The van der Waals surface area contributed by atoms with Gasteiger partial charge in [0.1, 0.15) is 0 Å². The second kappa shape index (κ2) is 10.9. The van der Waals surface area contributed by atoms with Gasteiger partial charge in [-0.1, -0.05) is 109 Å². The average molecular weight is 584 g/mol. The van der Waals surface area contributed by atoms with Crippen LogP contribution in [-0.4, -0.2) is 22.5 Å². The van der Waals surface area contributed by atoms with Gasteiger partial charge in [-0.15, -0.1) is 0 Å². The van der Waals surface area contributed by atoms with Crippen LogP contribution in [0.4, 0.5) is 11.4 Å². The van der Waals surface area contributed by atoms with Crippen LogP contribution in [0.15, 0.2) is 145 Å². The van der Waals surface area contributed by atoms with E-state index in [-0.39, 0.29) is 17.9 Å². The number of aryl methyl sites for hydroxylation is 1. The molecule has 0 amide bonds. The lowest BCUT2D eigenvalue weighted by Gasteiger charge is -2.38. The zero-order valence-corrected chi connectivity index (χ0v) is 25.5. The van der Waals surface area contributed by atoms with Crippen molar-refractivity contribution in [3.8, 4) is 0 Å². The summed E-state index contributed by atoms with van der Waals surface area (Å²) in [4.78, 5) is 10.2. The van der Waals surface area contributed by atoms with E-state index in [4.69, 9.17) is 4.98 Å². The molecular weight excluding hydrogens is 546 g/mol. The van der Waals surface area contributed by atoms with Gasteiger partial charge in [-0.2, -0.15) is 0 Å². The second-order valence-electron chi connectivity index (χ2n) is 13.0. The van der Waals surface area contributed by atoms with Crippen molar-refractivity contribution in [1.29, 1.82) is 0 Å². The molecule has 3 nitrogen and oxygen atoms in total. The highest BCUT2D eigenvalue weighted by Crippen LogP contribution is 2.57. The van der Waals surface area contributed by atoms with Gasteiger partial charge in [-0.25, -0.2) is 0 Å². The molecule has 2 aliphatic heterocycles. The van der Waals surface area contributed by atoms with Crippen molar-refractivity contribution < 1.29 is 0 Å². The summed E-state index contributed by atoms with van der Waals surface area (Å²) in [5, 5.41) is 0. The molecule has 220 valence electrons. The molecule has 0 bridgehead atoms. The predicted octanol–water partition coefficient (Wildman–Crippen LogP) is 9.26. The first-order chi connectivity index (χ1) is 22.3. The van der Waals surface area contributed by atoms with Crippen molar-refractivity contribution in [2.75, 3.05) is 11.4 Å². The van der Waals surface area contributed by atoms with Crippen LogP contribution < -0.4 is 4.90 Å². The quantitative estimate of drug-likeness (QED) is 0.239. The van der Waals surface area contributed by atoms with E-state index in [0.29, 0.717) is 5.92 Å². The van der Waals surface area contributed by atoms with E-state index in [1.165, 1.54) is 50.5 Å². The Morgan fingerprint density at radius 1 is 0.844 bits per heavy atom. The summed E-state index contributed by atoms with van der Waals surface area (Å²) in [5.41, 5.74) is 13.5. The predicted molar refractivity (Wildman–Crippen MR) is 185 cm³/mol. The average Bonchev–Trinajstić information content (AvgIpc) is 3.45. The van der Waals surface area contributed by atoms with Gasteiger partial charge in [0, 0.05) is 47.8 Å². The third-order valence-electron chi connectivity index (χ3n) is 10.5. The SMILES string of the molecule is C1=CC2C3=C(c4ccccc4N(c4cnc5c(c4)CCC=C5)C2C=C1)C(c1ccccc1)C1CCN(Cc2ccccc2)C1=C3. The van der Waals surface area contributed by atoms with E-state index in [2.05, 4.69) is 150 Å². The third-order valence-corrected chi connectivity index (χ3v) is 10.5. The van der Waals surface area contributed by atoms with Crippen LogP contribution >= 0.6 is 0 Å². The second-order valence-corrected chi connectivity index (χ2v) is 13.0. The normalized spacial score (nSPS) is 24.3. The van der Waals surface area contributed by atoms with Gasteiger partial charge in [-0.3, -0.25) is 4.98 Å². The number of para-hydroxylation sites is 1. The summed E-state index contributed by atoms with van der Waals surface area (Å²) < 4.78 is 0. The monoisotopic (exact) mass is 583 g/mol. The first-order valence-electron chi connectivity index (χ1n) is 16.5. The van der Waals surface area contributed by atoms with Crippen LogP contribution in [-0.2, 0) is 13.0 Å². The minimum Gasteiger partial charge on any atom is -0.370 e. The number of hydrogen-bond donors (Lipinski definition) is 0. The number of nitrogens with zero attached hydrogens (tertiary/aromatic N) is 3. The lowest BCUT2D eigenvalue weighted by Crippen LogP contribution is -2.37. The van der Waals surface area contributed by atoms with E-state index in [9.17, 15) is 0 Å². The number of rotatable bonds is 4. The molecule has 45 heavy (non-hydrogen) atoms. The van der Waals surface area contributed by atoms with Crippen molar-refractivity contribution in [1.82, 2.24) is 9.88 Å². The largest absolute Gasteiger partial charge is 0.370 e. The molecule has 3 heterocycles. The Balaban J connectivity index is 1.26. The lowest BCUT2D eigenvalue weighted by atomic mass is 9.68. The van der Waals surface area contributed by atoms with Gasteiger partial charge in [-0.05, 0) is 71.4 Å². The molecule has 4 atom stereocenters. The summed E-state index contributed by atoms with van der Waals surface area (Å²) in [5.74, 6) is 0.940. The van der Waals surface area contributed by atoms with Crippen molar-refractivity contribution in [3.63, 3.8) is 0 Å². The Morgan fingerprint density at radius 3 is 2.53 bits per heavy atom. The Labute approximate surface area is 266 Å².